The van der Waals surface area contributed by atoms with E-state index in [4.69, 9.17) is 10.1 Å². The Hall–Kier alpha value is -4.82. The Morgan fingerprint density at radius 2 is 1.57 bits per heavy atom. The van der Waals surface area contributed by atoms with E-state index >= 15 is 0 Å². The minimum atomic E-state index is -0.311. The maximum atomic E-state index is 14.0. The summed E-state index contributed by atoms with van der Waals surface area (Å²) in [4.78, 5) is 32.7. The smallest absolute Gasteiger partial charge is 0.268 e. The second-order valence-corrected chi connectivity index (χ2v) is 11.4. The predicted octanol–water partition coefficient (Wildman–Crippen LogP) is 6.29. The maximum Gasteiger partial charge on any atom is 0.268 e. The van der Waals surface area contributed by atoms with E-state index in [0.29, 0.717) is 27.6 Å². The van der Waals surface area contributed by atoms with Crippen LogP contribution in [0.2, 0.25) is 0 Å². The van der Waals surface area contributed by atoms with Crippen LogP contribution in [0.25, 0.3) is 21.9 Å². The molecule has 0 aliphatic rings. The van der Waals surface area contributed by atoms with E-state index in [2.05, 4.69) is 23.5 Å². The molecule has 8 heteroatoms. The van der Waals surface area contributed by atoms with Crippen molar-refractivity contribution in [2.75, 3.05) is 0 Å². The quantitative estimate of drug-likeness (QED) is 0.243. The van der Waals surface area contributed by atoms with Gasteiger partial charge in [0.1, 0.15) is 5.69 Å². The van der Waals surface area contributed by atoms with Gasteiger partial charge in [-0.25, -0.2) is 9.67 Å². The maximum absolute atomic E-state index is 14.0. The molecule has 6 rings (SSSR count). The van der Waals surface area contributed by atoms with Crippen LogP contribution >= 0.6 is 11.3 Å². The summed E-state index contributed by atoms with van der Waals surface area (Å²) in [6, 6.07) is 27.6. The molecule has 1 amide bonds. The molecule has 0 saturated heterocycles. The first-order valence-electron chi connectivity index (χ1n) is 13.8. The average Bonchev–Trinajstić information content (AvgIpc) is 3.56. The number of aryl methyl sites for hydroxylation is 4. The van der Waals surface area contributed by atoms with Crippen LogP contribution in [0.15, 0.2) is 95.1 Å². The van der Waals surface area contributed by atoms with Gasteiger partial charge in [0.25, 0.3) is 5.56 Å². The normalized spacial score (nSPS) is 11.4. The van der Waals surface area contributed by atoms with Gasteiger partial charge in [-0.05, 0) is 62.1 Å². The van der Waals surface area contributed by atoms with E-state index in [1.165, 1.54) is 11.3 Å². The molecule has 0 unspecified atom stereocenters. The number of aromatic nitrogens is 4. The van der Waals surface area contributed by atoms with E-state index in [-0.39, 0.29) is 23.9 Å². The van der Waals surface area contributed by atoms with Crippen molar-refractivity contribution in [3.05, 3.63) is 140 Å². The Morgan fingerprint density at radius 1 is 0.905 bits per heavy atom. The van der Waals surface area contributed by atoms with Crippen molar-refractivity contribution in [1.29, 1.82) is 0 Å². The molecule has 6 aromatic rings. The van der Waals surface area contributed by atoms with Gasteiger partial charge in [0.15, 0.2) is 4.96 Å². The summed E-state index contributed by atoms with van der Waals surface area (Å²) in [5.74, 6) is -0.184. The van der Waals surface area contributed by atoms with Gasteiger partial charge in [0.2, 0.25) is 5.91 Å². The second-order valence-electron chi connectivity index (χ2n) is 10.6. The minimum Gasteiger partial charge on any atom is -0.345 e. The Bertz CT molecular complexity index is 1930. The Kier molecular flexibility index (Phi) is 7.31. The molecule has 3 aromatic carbocycles. The fraction of sp³-hybridized carbons (Fsp3) is 0.176. The third kappa shape index (κ3) is 5.17. The highest BCUT2D eigenvalue weighted by Crippen LogP contribution is 2.26. The third-order valence-corrected chi connectivity index (χ3v) is 8.34. The van der Waals surface area contributed by atoms with E-state index in [0.717, 1.165) is 33.6 Å². The summed E-state index contributed by atoms with van der Waals surface area (Å²) < 4.78 is 3.43. The van der Waals surface area contributed by atoms with Crippen LogP contribution in [0.1, 0.15) is 45.4 Å². The highest BCUT2D eigenvalue weighted by atomic mass is 32.1. The highest BCUT2D eigenvalue weighted by molar-refractivity contribution is 7.15. The van der Waals surface area contributed by atoms with Gasteiger partial charge in [-0.2, -0.15) is 5.10 Å². The molecule has 0 radical (unpaired) electrons. The number of nitrogens with zero attached hydrogens (tertiary/aromatic N) is 4. The van der Waals surface area contributed by atoms with Crippen molar-refractivity contribution in [2.24, 2.45) is 0 Å². The molecular formula is C34H31N5O2S. The lowest BCUT2D eigenvalue weighted by Crippen LogP contribution is -2.31. The average molecular weight is 574 g/mol. The molecule has 0 saturated carbocycles. The zero-order valence-electron chi connectivity index (χ0n) is 24.0. The number of benzene rings is 3. The van der Waals surface area contributed by atoms with Gasteiger partial charge < -0.3 is 5.32 Å². The summed E-state index contributed by atoms with van der Waals surface area (Å²) in [5, 5.41) is 9.87. The van der Waals surface area contributed by atoms with Gasteiger partial charge in [0, 0.05) is 16.8 Å². The molecular weight excluding hydrogens is 542 g/mol. The first kappa shape index (κ1) is 27.4. The zero-order chi connectivity index (χ0) is 29.4. The Balaban J connectivity index is 1.35. The van der Waals surface area contributed by atoms with E-state index < -0.39 is 0 Å². The van der Waals surface area contributed by atoms with Gasteiger partial charge >= 0.3 is 0 Å². The number of fused-ring (bicyclic) bond motifs is 1. The lowest BCUT2D eigenvalue weighted by Gasteiger charge is -2.20. The molecule has 0 bridgehead atoms. The van der Waals surface area contributed by atoms with Crippen LogP contribution in [0, 0.1) is 27.7 Å². The summed E-state index contributed by atoms with van der Waals surface area (Å²) in [6.07, 6.45) is 0.0379. The van der Waals surface area contributed by atoms with Crippen LogP contribution in [0.5, 0.6) is 0 Å². The first-order valence-corrected chi connectivity index (χ1v) is 14.7. The number of carbonyl (C=O) groups excluding carboxylic acids is 1. The number of amides is 1. The van der Waals surface area contributed by atoms with Crippen LogP contribution in [0.4, 0.5) is 0 Å². The summed E-state index contributed by atoms with van der Waals surface area (Å²) in [5.41, 5.74) is 8.06. The minimum absolute atomic E-state index is 0.0379. The van der Waals surface area contributed by atoms with Gasteiger partial charge in [0.05, 0.1) is 29.4 Å². The molecule has 0 aliphatic heterocycles. The van der Waals surface area contributed by atoms with Crippen molar-refractivity contribution in [1.82, 2.24) is 24.5 Å². The van der Waals surface area contributed by atoms with E-state index in [1.54, 1.807) is 4.40 Å². The fourth-order valence-corrected chi connectivity index (χ4v) is 6.26. The number of hydrogen-bond acceptors (Lipinski definition) is 5. The van der Waals surface area contributed by atoms with Crippen LogP contribution in [0.3, 0.4) is 0 Å². The van der Waals surface area contributed by atoms with Gasteiger partial charge in [-0.1, -0.05) is 72.8 Å². The van der Waals surface area contributed by atoms with Crippen molar-refractivity contribution >= 4 is 22.2 Å². The number of rotatable bonds is 7. The fourth-order valence-electron chi connectivity index (χ4n) is 5.34. The highest BCUT2D eigenvalue weighted by Gasteiger charge is 2.22. The van der Waals surface area contributed by atoms with Crippen LogP contribution in [-0.2, 0) is 11.2 Å². The third-order valence-electron chi connectivity index (χ3n) is 7.47. The van der Waals surface area contributed by atoms with Gasteiger partial charge in [-0.15, -0.1) is 11.3 Å². The summed E-state index contributed by atoms with van der Waals surface area (Å²) in [7, 11) is 0. The van der Waals surface area contributed by atoms with Crippen molar-refractivity contribution in [3.8, 4) is 16.9 Å². The topological polar surface area (TPSA) is 81.3 Å². The molecule has 3 heterocycles. The molecule has 0 fully saturated rings. The van der Waals surface area contributed by atoms with E-state index in [1.807, 2.05) is 104 Å². The lowest BCUT2D eigenvalue weighted by molar-refractivity contribution is -0.121. The zero-order valence-corrected chi connectivity index (χ0v) is 24.8. The van der Waals surface area contributed by atoms with Crippen molar-refractivity contribution in [2.45, 2.75) is 40.2 Å². The van der Waals surface area contributed by atoms with Crippen molar-refractivity contribution < 1.29 is 4.79 Å². The summed E-state index contributed by atoms with van der Waals surface area (Å²) >= 11 is 1.35. The van der Waals surface area contributed by atoms with E-state index in [9.17, 15) is 9.59 Å². The largest absolute Gasteiger partial charge is 0.345 e. The van der Waals surface area contributed by atoms with Crippen molar-refractivity contribution in [3.63, 3.8) is 0 Å². The number of carbonyl (C=O) groups is 1. The number of nitrogens with one attached hydrogen (secondary N) is 1. The molecule has 1 N–H and O–H groups in total. The number of thiazole rings is 1. The molecule has 3 aromatic heterocycles. The SMILES string of the molecule is Cc1ccc(C)c(-n2nc(-c3c(C)nc4scc(CC(=O)NC(c5ccccc5)c5ccccc5)n4c3=O)cc2C)c1. The number of hydrogen-bond donors (Lipinski definition) is 1. The molecule has 0 atom stereocenters. The molecule has 0 spiro atoms. The molecule has 210 valence electrons. The van der Waals surface area contributed by atoms with Crippen LogP contribution in [-0.4, -0.2) is 25.1 Å². The predicted molar refractivity (Wildman–Crippen MR) is 167 cm³/mol. The Morgan fingerprint density at radius 3 is 2.24 bits per heavy atom. The standard InChI is InChI=1S/C34H31N5O2S/c1-21-15-16-22(2)29(17-21)39-23(3)18-28(37-39)31-24(4)35-34-38(33(31)41)27(20-42-34)19-30(40)36-32(25-11-7-5-8-12-25)26-13-9-6-10-14-26/h5-18,20,32H,19H2,1-4H3,(H,36,40). The molecule has 0 aliphatic carbocycles. The molecule has 7 nitrogen and oxygen atoms in total. The Labute approximate surface area is 248 Å². The monoisotopic (exact) mass is 573 g/mol. The van der Waals surface area contributed by atoms with Gasteiger partial charge in [-0.3, -0.25) is 14.0 Å². The molecule has 42 heavy (non-hydrogen) atoms. The van der Waals surface area contributed by atoms with Crippen LogP contribution < -0.4 is 10.9 Å². The first-order chi connectivity index (χ1) is 20.3. The lowest BCUT2D eigenvalue weighted by atomic mass is 9.98. The second kappa shape index (κ2) is 11.2. The summed E-state index contributed by atoms with van der Waals surface area (Å²) in [6.45, 7) is 7.91.